The van der Waals surface area contributed by atoms with Crippen LogP contribution in [-0.2, 0) is 14.3 Å². The number of alkyl carbamates (subject to hydrolysis) is 1. The van der Waals surface area contributed by atoms with E-state index in [1.807, 2.05) is 13.8 Å². The van der Waals surface area contributed by atoms with Gasteiger partial charge in [0, 0.05) is 13.1 Å². The van der Waals surface area contributed by atoms with Gasteiger partial charge in [-0.15, -0.1) is 0 Å². The van der Waals surface area contributed by atoms with Crippen molar-refractivity contribution < 1.29 is 19.1 Å². The van der Waals surface area contributed by atoms with Crippen LogP contribution in [0.4, 0.5) is 4.79 Å². The average Bonchev–Trinajstić information content (AvgIpc) is 2.42. The molecule has 0 unspecified atom stereocenters. The third-order valence-corrected chi connectivity index (χ3v) is 3.34. The first-order valence-corrected chi connectivity index (χ1v) is 7.66. The van der Waals surface area contributed by atoms with Gasteiger partial charge < -0.3 is 19.7 Å². The smallest absolute Gasteiger partial charge is 0.408 e. The minimum Gasteiger partial charge on any atom is -0.444 e. The summed E-state index contributed by atoms with van der Waals surface area (Å²) in [6, 6.07) is -0.770. The van der Waals surface area contributed by atoms with Crippen molar-refractivity contribution in [2.75, 3.05) is 26.3 Å². The number of ether oxygens (including phenoxy) is 2. The van der Waals surface area contributed by atoms with Crippen molar-refractivity contribution in [2.45, 2.75) is 46.3 Å². The second-order valence-electron chi connectivity index (χ2n) is 6.75. The first-order valence-electron chi connectivity index (χ1n) is 7.66. The summed E-state index contributed by atoms with van der Waals surface area (Å²) in [6.45, 7) is 15.3. The number of amides is 2. The fourth-order valence-corrected chi connectivity index (χ4v) is 2.04. The molecule has 6 heteroatoms. The van der Waals surface area contributed by atoms with Crippen LogP contribution in [0.25, 0.3) is 0 Å². The SMILES string of the molecule is C=C(C(C)C)[C@@H](NC(=O)OC(C)(C)C)C(=O)N1CCOCC1. The number of nitrogens with one attached hydrogen (secondary N) is 1. The highest BCUT2D eigenvalue weighted by atomic mass is 16.6. The van der Waals surface area contributed by atoms with Gasteiger partial charge in [0.05, 0.1) is 13.2 Å². The van der Waals surface area contributed by atoms with Crippen molar-refractivity contribution in [3.63, 3.8) is 0 Å². The maximum atomic E-state index is 12.7. The fourth-order valence-electron chi connectivity index (χ4n) is 2.04. The fraction of sp³-hybridized carbons (Fsp3) is 0.750. The van der Waals surface area contributed by atoms with Crippen LogP contribution >= 0.6 is 0 Å². The van der Waals surface area contributed by atoms with Gasteiger partial charge in [-0.05, 0) is 32.3 Å². The first kappa shape index (κ1) is 18.5. The molecule has 2 amide bonds. The number of hydrogen-bond donors (Lipinski definition) is 1. The Morgan fingerprint density at radius 3 is 2.23 bits per heavy atom. The molecule has 0 saturated carbocycles. The number of carbonyl (C=O) groups is 2. The van der Waals surface area contributed by atoms with Crippen LogP contribution in [0.1, 0.15) is 34.6 Å². The second-order valence-corrected chi connectivity index (χ2v) is 6.75. The lowest BCUT2D eigenvalue weighted by Crippen LogP contribution is -2.53. The summed E-state index contributed by atoms with van der Waals surface area (Å²) >= 11 is 0. The van der Waals surface area contributed by atoms with Gasteiger partial charge in [-0.1, -0.05) is 20.4 Å². The van der Waals surface area contributed by atoms with Gasteiger partial charge in [0.25, 0.3) is 0 Å². The van der Waals surface area contributed by atoms with Gasteiger partial charge in [0.1, 0.15) is 11.6 Å². The van der Waals surface area contributed by atoms with E-state index >= 15 is 0 Å². The molecule has 0 aromatic heterocycles. The summed E-state index contributed by atoms with van der Waals surface area (Å²) in [5, 5.41) is 2.66. The molecule has 1 heterocycles. The Labute approximate surface area is 132 Å². The Morgan fingerprint density at radius 1 is 1.23 bits per heavy atom. The number of hydrogen-bond acceptors (Lipinski definition) is 4. The Bertz CT molecular complexity index is 420. The number of carbonyl (C=O) groups excluding carboxylic acids is 2. The normalized spacial score (nSPS) is 17.1. The summed E-state index contributed by atoms with van der Waals surface area (Å²) in [5.41, 5.74) is 0.0536. The van der Waals surface area contributed by atoms with E-state index in [0.717, 1.165) is 0 Å². The van der Waals surface area contributed by atoms with Crippen molar-refractivity contribution >= 4 is 12.0 Å². The third-order valence-electron chi connectivity index (χ3n) is 3.34. The lowest BCUT2D eigenvalue weighted by molar-refractivity contribution is -0.136. The molecule has 0 spiro atoms. The largest absolute Gasteiger partial charge is 0.444 e. The summed E-state index contributed by atoms with van der Waals surface area (Å²) in [6.07, 6.45) is -0.610. The quantitative estimate of drug-likeness (QED) is 0.806. The molecule has 1 saturated heterocycles. The van der Waals surface area contributed by atoms with Gasteiger partial charge in [-0.25, -0.2) is 4.79 Å². The van der Waals surface area contributed by atoms with E-state index in [2.05, 4.69) is 11.9 Å². The van der Waals surface area contributed by atoms with Gasteiger partial charge in [-0.2, -0.15) is 0 Å². The maximum Gasteiger partial charge on any atom is 0.408 e. The molecule has 1 aliphatic heterocycles. The molecule has 0 aliphatic carbocycles. The van der Waals surface area contributed by atoms with Crippen molar-refractivity contribution in [3.05, 3.63) is 12.2 Å². The van der Waals surface area contributed by atoms with Crippen LogP contribution < -0.4 is 5.32 Å². The molecule has 0 radical (unpaired) electrons. The molecule has 1 rings (SSSR count). The van der Waals surface area contributed by atoms with Gasteiger partial charge in [0.2, 0.25) is 5.91 Å². The van der Waals surface area contributed by atoms with E-state index in [4.69, 9.17) is 9.47 Å². The molecular weight excluding hydrogens is 284 g/mol. The molecule has 0 bridgehead atoms. The molecule has 1 aliphatic rings. The molecule has 0 aromatic rings. The minimum absolute atomic E-state index is 0.0740. The molecular formula is C16H28N2O4. The average molecular weight is 312 g/mol. The molecule has 126 valence electrons. The molecule has 6 nitrogen and oxygen atoms in total. The van der Waals surface area contributed by atoms with E-state index < -0.39 is 17.7 Å². The van der Waals surface area contributed by atoms with Gasteiger partial charge in [0.15, 0.2) is 0 Å². The van der Waals surface area contributed by atoms with Gasteiger partial charge in [-0.3, -0.25) is 4.79 Å². The van der Waals surface area contributed by atoms with Crippen molar-refractivity contribution in [1.82, 2.24) is 10.2 Å². The summed E-state index contributed by atoms with van der Waals surface area (Å²) in [7, 11) is 0. The van der Waals surface area contributed by atoms with Crippen molar-refractivity contribution in [2.24, 2.45) is 5.92 Å². The molecule has 1 fully saturated rings. The highest BCUT2D eigenvalue weighted by Gasteiger charge is 2.31. The standard InChI is InChI=1S/C16H28N2O4/c1-11(2)12(3)13(17-15(20)22-16(4,5)6)14(19)18-7-9-21-10-8-18/h11,13H,3,7-10H2,1-2,4-6H3,(H,17,20)/t13-/m1/s1. The predicted octanol–water partition coefficient (Wildman–Crippen LogP) is 1.95. The van der Waals surface area contributed by atoms with E-state index in [1.54, 1.807) is 25.7 Å². The van der Waals surface area contributed by atoms with Crippen LogP contribution in [-0.4, -0.2) is 54.8 Å². The zero-order chi connectivity index (χ0) is 16.9. The highest BCUT2D eigenvalue weighted by molar-refractivity contribution is 5.88. The predicted molar refractivity (Wildman–Crippen MR) is 84.5 cm³/mol. The topological polar surface area (TPSA) is 67.9 Å². The summed E-state index contributed by atoms with van der Waals surface area (Å²) in [5.74, 6) is -0.0854. The lowest BCUT2D eigenvalue weighted by atomic mass is 9.96. The maximum absolute atomic E-state index is 12.7. The van der Waals surface area contributed by atoms with Crippen LogP contribution in [0.5, 0.6) is 0 Å². The van der Waals surface area contributed by atoms with E-state index in [1.165, 1.54) is 0 Å². The Balaban J connectivity index is 2.81. The zero-order valence-corrected chi connectivity index (χ0v) is 14.3. The zero-order valence-electron chi connectivity index (χ0n) is 14.3. The number of rotatable bonds is 4. The van der Waals surface area contributed by atoms with Crippen LogP contribution in [0.3, 0.4) is 0 Å². The Hall–Kier alpha value is -1.56. The second kappa shape index (κ2) is 7.63. The monoisotopic (exact) mass is 312 g/mol. The Kier molecular flexibility index (Phi) is 6.41. The summed E-state index contributed by atoms with van der Waals surface area (Å²) < 4.78 is 10.5. The first-order chi connectivity index (χ1) is 10.1. The van der Waals surface area contributed by atoms with E-state index in [-0.39, 0.29) is 11.8 Å². The molecule has 1 atom stereocenters. The Morgan fingerprint density at radius 2 is 1.77 bits per heavy atom. The molecule has 1 N–H and O–H groups in total. The minimum atomic E-state index is -0.770. The van der Waals surface area contributed by atoms with Crippen molar-refractivity contribution in [1.29, 1.82) is 0 Å². The van der Waals surface area contributed by atoms with Crippen LogP contribution in [0, 0.1) is 5.92 Å². The number of morpholine rings is 1. The summed E-state index contributed by atoms with van der Waals surface area (Å²) in [4.78, 5) is 26.4. The van der Waals surface area contributed by atoms with Crippen LogP contribution in [0.15, 0.2) is 12.2 Å². The van der Waals surface area contributed by atoms with Crippen molar-refractivity contribution in [3.8, 4) is 0 Å². The lowest BCUT2D eigenvalue weighted by Gasteiger charge is -2.32. The highest BCUT2D eigenvalue weighted by Crippen LogP contribution is 2.16. The van der Waals surface area contributed by atoms with E-state index in [0.29, 0.717) is 31.9 Å². The van der Waals surface area contributed by atoms with Crippen LogP contribution in [0.2, 0.25) is 0 Å². The molecule has 0 aromatic carbocycles. The van der Waals surface area contributed by atoms with Gasteiger partial charge >= 0.3 is 6.09 Å². The third kappa shape index (κ3) is 5.67. The number of nitrogens with zero attached hydrogens (tertiary/aromatic N) is 1. The van der Waals surface area contributed by atoms with E-state index in [9.17, 15) is 9.59 Å². The molecule has 22 heavy (non-hydrogen) atoms.